The molecule has 1 unspecified atom stereocenters. The predicted octanol–water partition coefficient (Wildman–Crippen LogP) is 2.83. The van der Waals surface area contributed by atoms with Gasteiger partial charge in [0.25, 0.3) is 0 Å². The third-order valence-electron chi connectivity index (χ3n) is 3.51. The van der Waals surface area contributed by atoms with Gasteiger partial charge in [-0.1, -0.05) is 12.1 Å². The highest BCUT2D eigenvalue weighted by atomic mass is 16.7. The van der Waals surface area contributed by atoms with E-state index in [1.807, 2.05) is 32.0 Å². The summed E-state index contributed by atoms with van der Waals surface area (Å²) < 4.78 is 16.8. The Kier molecular flexibility index (Phi) is 5.83. The van der Waals surface area contributed by atoms with Crippen molar-refractivity contribution in [2.45, 2.75) is 45.5 Å². The number of hydrogen-bond acceptors (Lipinski definition) is 4. The van der Waals surface area contributed by atoms with Crippen molar-refractivity contribution >= 4 is 0 Å². The number of aliphatic hydroxyl groups is 1. The smallest absolute Gasteiger partial charge is 0.191 e. The fourth-order valence-electron chi connectivity index (χ4n) is 2.60. The number of aliphatic hydroxyl groups excluding tert-OH is 1. The van der Waals surface area contributed by atoms with Crippen molar-refractivity contribution in [3.05, 3.63) is 29.3 Å². The summed E-state index contributed by atoms with van der Waals surface area (Å²) >= 11 is 0. The van der Waals surface area contributed by atoms with Crippen molar-refractivity contribution in [1.82, 2.24) is 0 Å². The Labute approximate surface area is 120 Å². The van der Waals surface area contributed by atoms with Gasteiger partial charge in [0.2, 0.25) is 0 Å². The molecule has 0 saturated carbocycles. The van der Waals surface area contributed by atoms with Crippen LogP contribution in [0.5, 0.6) is 5.75 Å². The fraction of sp³-hybridized carbons (Fsp3) is 0.625. The molecule has 0 fully saturated rings. The molecule has 4 nitrogen and oxygen atoms in total. The molecule has 0 amide bonds. The van der Waals surface area contributed by atoms with Gasteiger partial charge in [0.05, 0.1) is 6.10 Å². The maximum atomic E-state index is 10.0. The minimum absolute atomic E-state index is 0.339. The van der Waals surface area contributed by atoms with E-state index in [4.69, 9.17) is 14.2 Å². The standard InChI is InChI=1S/C16H24O4/c1-3-18-16(19-4-2)11-20-15-10-6-7-12-13(15)8-5-9-14(12)17/h6-7,10,14,16-17H,3-5,8-9,11H2,1-2H3. The molecule has 0 bridgehead atoms. The van der Waals surface area contributed by atoms with Crippen LogP contribution in [0, 0.1) is 0 Å². The van der Waals surface area contributed by atoms with E-state index in [1.54, 1.807) is 0 Å². The van der Waals surface area contributed by atoms with E-state index in [0.717, 1.165) is 36.1 Å². The molecule has 0 spiro atoms. The summed E-state index contributed by atoms with van der Waals surface area (Å²) in [4.78, 5) is 0. The second kappa shape index (κ2) is 7.62. The largest absolute Gasteiger partial charge is 0.488 e. The van der Waals surface area contributed by atoms with E-state index < -0.39 is 0 Å². The Balaban J connectivity index is 2.04. The van der Waals surface area contributed by atoms with Crippen molar-refractivity contribution in [2.75, 3.05) is 19.8 Å². The lowest BCUT2D eigenvalue weighted by atomic mass is 9.89. The molecule has 0 saturated heterocycles. The Hall–Kier alpha value is -1.10. The number of hydrogen-bond donors (Lipinski definition) is 1. The highest BCUT2D eigenvalue weighted by Gasteiger charge is 2.21. The quantitative estimate of drug-likeness (QED) is 0.780. The molecule has 20 heavy (non-hydrogen) atoms. The van der Waals surface area contributed by atoms with Crippen LogP contribution in [0.3, 0.4) is 0 Å². The average molecular weight is 280 g/mol. The Bertz CT molecular complexity index is 413. The summed E-state index contributed by atoms with van der Waals surface area (Å²) in [5, 5.41) is 10.0. The van der Waals surface area contributed by atoms with Crippen molar-refractivity contribution in [3.8, 4) is 5.75 Å². The van der Waals surface area contributed by atoms with E-state index in [0.29, 0.717) is 19.8 Å². The molecule has 1 aromatic rings. The van der Waals surface area contributed by atoms with E-state index in [1.165, 1.54) is 0 Å². The van der Waals surface area contributed by atoms with Crippen LogP contribution in [0.15, 0.2) is 18.2 Å². The van der Waals surface area contributed by atoms with Gasteiger partial charge in [-0.05, 0) is 50.3 Å². The Morgan fingerprint density at radius 1 is 1.25 bits per heavy atom. The van der Waals surface area contributed by atoms with Gasteiger partial charge in [0.15, 0.2) is 6.29 Å². The molecule has 112 valence electrons. The van der Waals surface area contributed by atoms with Gasteiger partial charge in [-0.2, -0.15) is 0 Å². The maximum Gasteiger partial charge on any atom is 0.191 e. The molecule has 1 aliphatic rings. The molecule has 1 N–H and O–H groups in total. The molecule has 1 atom stereocenters. The SMILES string of the molecule is CCOC(COc1cccc2c1CCCC2O)OCC. The van der Waals surface area contributed by atoms with Crippen LogP contribution >= 0.6 is 0 Å². The Morgan fingerprint density at radius 3 is 2.70 bits per heavy atom. The van der Waals surface area contributed by atoms with Gasteiger partial charge < -0.3 is 19.3 Å². The average Bonchev–Trinajstić information content (AvgIpc) is 2.46. The van der Waals surface area contributed by atoms with Gasteiger partial charge in [-0.3, -0.25) is 0 Å². The molecule has 0 aliphatic heterocycles. The van der Waals surface area contributed by atoms with Crippen molar-refractivity contribution < 1.29 is 19.3 Å². The molecule has 2 rings (SSSR count). The molecular formula is C16H24O4. The number of rotatable bonds is 7. The van der Waals surface area contributed by atoms with Gasteiger partial charge in [0, 0.05) is 13.2 Å². The third-order valence-corrected chi connectivity index (χ3v) is 3.51. The maximum absolute atomic E-state index is 10.0. The van der Waals surface area contributed by atoms with Gasteiger partial charge in [-0.25, -0.2) is 0 Å². The van der Waals surface area contributed by atoms with Crippen LogP contribution in [-0.2, 0) is 15.9 Å². The van der Waals surface area contributed by atoms with Crippen LogP contribution in [0.2, 0.25) is 0 Å². The molecular weight excluding hydrogens is 256 g/mol. The lowest BCUT2D eigenvalue weighted by molar-refractivity contribution is -0.152. The number of fused-ring (bicyclic) bond motifs is 1. The molecule has 1 aliphatic carbocycles. The van der Waals surface area contributed by atoms with Crippen LogP contribution in [0.4, 0.5) is 0 Å². The number of benzene rings is 1. The van der Waals surface area contributed by atoms with Gasteiger partial charge >= 0.3 is 0 Å². The first-order valence-electron chi connectivity index (χ1n) is 7.42. The monoisotopic (exact) mass is 280 g/mol. The zero-order valence-electron chi connectivity index (χ0n) is 12.3. The third kappa shape index (κ3) is 3.72. The van der Waals surface area contributed by atoms with Crippen molar-refractivity contribution in [1.29, 1.82) is 0 Å². The first-order chi connectivity index (χ1) is 9.76. The summed E-state index contributed by atoms with van der Waals surface area (Å²) in [6, 6.07) is 5.86. The molecule has 4 heteroatoms. The summed E-state index contributed by atoms with van der Waals surface area (Å²) in [5.74, 6) is 0.839. The first-order valence-corrected chi connectivity index (χ1v) is 7.42. The van der Waals surface area contributed by atoms with Crippen molar-refractivity contribution in [2.24, 2.45) is 0 Å². The van der Waals surface area contributed by atoms with Crippen LogP contribution < -0.4 is 4.74 Å². The highest BCUT2D eigenvalue weighted by Crippen LogP contribution is 2.35. The second-order valence-electron chi connectivity index (χ2n) is 4.88. The van der Waals surface area contributed by atoms with Gasteiger partial charge in [-0.15, -0.1) is 0 Å². The van der Waals surface area contributed by atoms with E-state index >= 15 is 0 Å². The van der Waals surface area contributed by atoms with Crippen molar-refractivity contribution in [3.63, 3.8) is 0 Å². The lowest BCUT2D eigenvalue weighted by Crippen LogP contribution is -2.25. The first kappa shape index (κ1) is 15.3. The zero-order valence-corrected chi connectivity index (χ0v) is 12.3. The highest BCUT2D eigenvalue weighted by molar-refractivity contribution is 5.42. The summed E-state index contributed by atoms with van der Waals surface area (Å²) in [5.41, 5.74) is 2.12. The van der Waals surface area contributed by atoms with E-state index in [9.17, 15) is 5.11 Å². The Morgan fingerprint density at radius 2 is 2.00 bits per heavy atom. The minimum Gasteiger partial charge on any atom is -0.488 e. The fourth-order valence-corrected chi connectivity index (χ4v) is 2.60. The minimum atomic E-state index is -0.364. The molecule has 0 radical (unpaired) electrons. The summed E-state index contributed by atoms with van der Waals surface area (Å²) in [7, 11) is 0. The predicted molar refractivity (Wildman–Crippen MR) is 76.9 cm³/mol. The molecule has 0 aromatic heterocycles. The normalized spacial score (nSPS) is 18.1. The van der Waals surface area contributed by atoms with Crippen LogP contribution in [0.1, 0.15) is 43.9 Å². The topological polar surface area (TPSA) is 47.9 Å². The van der Waals surface area contributed by atoms with E-state index in [2.05, 4.69) is 0 Å². The van der Waals surface area contributed by atoms with Gasteiger partial charge in [0.1, 0.15) is 12.4 Å². The molecule has 1 aromatic carbocycles. The second-order valence-corrected chi connectivity index (χ2v) is 4.88. The van der Waals surface area contributed by atoms with Crippen LogP contribution in [-0.4, -0.2) is 31.2 Å². The summed E-state index contributed by atoms with van der Waals surface area (Å²) in [6.07, 6.45) is 2.08. The number of ether oxygens (including phenoxy) is 3. The lowest BCUT2D eigenvalue weighted by Gasteiger charge is -2.24. The van der Waals surface area contributed by atoms with E-state index in [-0.39, 0.29) is 12.4 Å². The van der Waals surface area contributed by atoms with Crippen LogP contribution in [0.25, 0.3) is 0 Å². The zero-order chi connectivity index (χ0) is 14.4. The molecule has 0 heterocycles. The summed E-state index contributed by atoms with van der Waals surface area (Å²) in [6.45, 7) is 5.44.